The van der Waals surface area contributed by atoms with Crippen LogP contribution >= 0.6 is 14.5 Å². The maximum absolute atomic E-state index is 8.44. The van der Waals surface area contributed by atoms with Crippen molar-refractivity contribution in [2.24, 2.45) is 0 Å². The Morgan fingerprint density at radius 1 is 0.360 bits per heavy atom. The van der Waals surface area contributed by atoms with Gasteiger partial charge >= 0.3 is 0 Å². The van der Waals surface area contributed by atoms with Crippen LogP contribution < -0.4 is 42.0 Å². The largest absolute Gasteiger partial charge is 0.565 e. The van der Waals surface area contributed by atoms with E-state index in [1.165, 1.54) is 44.7 Å². The van der Waals surface area contributed by atoms with Gasteiger partial charge in [-0.15, -0.1) is 0 Å². The zero-order valence-electron chi connectivity index (χ0n) is 27.6. The van der Waals surface area contributed by atoms with Gasteiger partial charge in [0.2, 0.25) is 12.3 Å². The van der Waals surface area contributed by atoms with Gasteiger partial charge in [-0.3, -0.25) is 0 Å². The summed E-state index contributed by atoms with van der Waals surface area (Å²) in [6.07, 6.45) is 0.480. The highest BCUT2D eigenvalue weighted by molar-refractivity contribution is 7.96. The molecule has 0 aliphatic rings. The van der Waals surface area contributed by atoms with E-state index >= 15 is 0 Å². The Morgan fingerprint density at radius 2 is 0.500 bits per heavy atom. The third kappa shape index (κ3) is 9.66. The zero-order chi connectivity index (χ0) is 35.7. The van der Waals surface area contributed by atoms with Crippen molar-refractivity contribution in [1.29, 1.82) is 0 Å². The molecule has 0 fully saturated rings. The summed E-state index contributed by atoms with van der Waals surface area (Å²) in [6.45, 7) is 0. The molecule has 0 aromatic heterocycles. The Hall–Kier alpha value is -5.28. The van der Waals surface area contributed by atoms with E-state index in [1.54, 1.807) is 0 Å². The minimum Gasteiger partial charge on any atom is -0.565 e. The molecule has 8 heteroatoms. The molecule has 6 rings (SSSR count). The van der Waals surface area contributed by atoms with Crippen molar-refractivity contribution in [3.63, 3.8) is 0 Å². The van der Waals surface area contributed by atoms with Crippen LogP contribution in [0, 0.1) is 0 Å². The van der Waals surface area contributed by atoms with Gasteiger partial charge in [0.05, 0.1) is 12.3 Å². The highest BCUT2D eigenvalue weighted by Crippen LogP contribution is 2.58. The smallest absolute Gasteiger partial charge is 0.249 e. The van der Waals surface area contributed by atoms with Crippen molar-refractivity contribution in [3.05, 3.63) is 182 Å². The van der Waals surface area contributed by atoms with Gasteiger partial charge in [0.1, 0.15) is 46.4 Å². The van der Waals surface area contributed by atoms with Crippen LogP contribution in [0.2, 0.25) is 0 Å². The van der Waals surface area contributed by atoms with E-state index in [0.717, 1.165) is 12.3 Å². The number of carbonyl (C=O) groups is 2. The number of benzene rings is 6. The Labute approximate surface area is 295 Å². The monoisotopic (exact) mass is 702 g/mol. The molecule has 6 aromatic carbocycles. The van der Waals surface area contributed by atoms with Crippen molar-refractivity contribution < 1.29 is 30.0 Å². The number of hydrogen-bond acceptors (Lipinski definition) is 4. The third-order valence-corrected chi connectivity index (χ3v) is 17.5. The molecule has 0 saturated heterocycles. The van der Waals surface area contributed by atoms with Crippen LogP contribution in [0.1, 0.15) is 12.8 Å². The average molecular weight is 703 g/mol. The second kappa shape index (κ2) is 19.0. The van der Waals surface area contributed by atoms with Crippen LogP contribution in [0.15, 0.2) is 182 Å². The standard InChI is InChI=1S/C40H38P2.2CH2O3/c1-7-21-35(22-8-1)41(36-23-9-2-10-24-36,37-25-11-3-12-26-37)33-19-20-34-42(38-27-13-4-14-28-38,39-29-15-5-16-30-39)40-31-17-6-18-32-40;2*2-1(3)4/h1-18,21-32H,19-20,33-34H2;2*(H2,2,3,4)/q+2;;/p-2. The molecule has 50 heavy (non-hydrogen) atoms. The molecule has 0 aliphatic heterocycles. The molecule has 0 unspecified atom stereocenters. The summed E-state index contributed by atoms with van der Waals surface area (Å²) >= 11 is 0. The molecule has 6 aromatic rings. The van der Waals surface area contributed by atoms with Gasteiger partial charge in [-0.2, -0.15) is 0 Å². The van der Waals surface area contributed by atoms with Crippen molar-refractivity contribution in [2.45, 2.75) is 12.8 Å². The van der Waals surface area contributed by atoms with E-state index in [0.29, 0.717) is 0 Å². The number of rotatable bonds is 11. The summed E-state index contributed by atoms with van der Waals surface area (Å²) in [7, 11) is -3.68. The van der Waals surface area contributed by atoms with Gasteiger partial charge in [0.15, 0.2) is 0 Å². The summed E-state index contributed by atoms with van der Waals surface area (Å²) in [6, 6.07) is 67.8. The van der Waals surface area contributed by atoms with Crippen LogP contribution in [-0.2, 0) is 0 Å². The van der Waals surface area contributed by atoms with E-state index in [-0.39, 0.29) is 0 Å². The van der Waals surface area contributed by atoms with Gasteiger partial charge in [0.25, 0.3) is 0 Å². The van der Waals surface area contributed by atoms with Crippen LogP contribution in [0.25, 0.3) is 0 Å². The molecule has 0 radical (unpaired) electrons. The Bertz CT molecular complexity index is 1520. The number of unbranched alkanes of at least 4 members (excludes halogenated alkanes) is 1. The summed E-state index contributed by atoms with van der Waals surface area (Å²) < 4.78 is 0. The molecule has 6 nitrogen and oxygen atoms in total. The summed E-state index contributed by atoms with van der Waals surface area (Å²) in [5.41, 5.74) is 0. The maximum Gasteiger partial charge on any atom is 0.249 e. The molecule has 0 bridgehead atoms. The van der Waals surface area contributed by atoms with E-state index < -0.39 is 26.8 Å². The first kappa shape index (κ1) is 37.5. The first-order valence-electron chi connectivity index (χ1n) is 16.2. The second-order valence-electron chi connectivity index (χ2n) is 11.3. The fraction of sp³-hybridized carbons (Fsp3) is 0.0952. The lowest BCUT2D eigenvalue weighted by molar-refractivity contribution is -0.276. The minimum absolute atomic E-state index is 1.16. The van der Waals surface area contributed by atoms with Crippen LogP contribution in [0.5, 0.6) is 0 Å². The number of hydrogen-bond donors (Lipinski definition) is 2. The van der Waals surface area contributed by atoms with Crippen LogP contribution in [0.4, 0.5) is 9.59 Å². The molecule has 0 heterocycles. The van der Waals surface area contributed by atoms with Crippen LogP contribution in [0.3, 0.4) is 0 Å². The molecule has 0 aliphatic carbocycles. The van der Waals surface area contributed by atoms with Crippen molar-refractivity contribution in [1.82, 2.24) is 0 Å². The van der Waals surface area contributed by atoms with E-state index in [1.807, 2.05) is 0 Å². The van der Waals surface area contributed by atoms with Crippen molar-refractivity contribution >= 4 is 58.7 Å². The molecular formula is C42H40O6P2. The lowest BCUT2D eigenvalue weighted by Crippen LogP contribution is -2.34. The van der Waals surface area contributed by atoms with Crippen molar-refractivity contribution in [2.75, 3.05) is 12.3 Å². The highest BCUT2D eigenvalue weighted by atomic mass is 31.2. The van der Waals surface area contributed by atoms with E-state index in [2.05, 4.69) is 182 Å². The zero-order valence-corrected chi connectivity index (χ0v) is 29.4. The van der Waals surface area contributed by atoms with Crippen LogP contribution in [-0.4, -0.2) is 34.8 Å². The molecule has 254 valence electrons. The molecule has 2 N–H and O–H groups in total. The summed E-state index contributed by atoms with van der Waals surface area (Å²) in [4.78, 5) is 16.9. The first-order chi connectivity index (χ1) is 24.3. The molecule has 0 amide bonds. The third-order valence-electron chi connectivity index (χ3n) is 8.42. The Kier molecular flexibility index (Phi) is 14.3. The molecular weight excluding hydrogens is 662 g/mol. The van der Waals surface area contributed by atoms with Gasteiger partial charge in [0, 0.05) is 0 Å². The Morgan fingerprint density at radius 3 is 0.640 bits per heavy atom. The fourth-order valence-electron chi connectivity index (χ4n) is 6.46. The normalized spacial score (nSPS) is 10.8. The minimum atomic E-state index is -2.08. The molecule has 0 atom stereocenters. The predicted molar refractivity (Wildman–Crippen MR) is 205 cm³/mol. The molecule has 0 saturated carbocycles. The lowest BCUT2D eigenvalue weighted by Gasteiger charge is -2.29. The maximum atomic E-state index is 8.44. The van der Waals surface area contributed by atoms with E-state index in [9.17, 15) is 0 Å². The van der Waals surface area contributed by atoms with Gasteiger partial charge in [-0.1, -0.05) is 109 Å². The highest BCUT2D eigenvalue weighted by Gasteiger charge is 2.47. The average Bonchev–Trinajstić information content (AvgIpc) is 3.15. The van der Waals surface area contributed by atoms with E-state index in [4.69, 9.17) is 30.0 Å². The SMILES string of the molecule is O=C([O-])O.O=C([O-])O.c1ccc([P+](CCCC[P+](c2ccccc2)(c2ccccc2)c2ccccc2)(c2ccccc2)c2ccccc2)cc1. The number of carboxylic acid groups (broad SMARTS) is 4. The predicted octanol–water partition coefficient (Wildman–Crippen LogP) is 5.53. The van der Waals surface area contributed by atoms with Gasteiger partial charge in [-0.05, 0) is 85.6 Å². The molecule has 0 spiro atoms. The van der Waals surface area contributed by atoms with Gasteiger partial charge < -0.3 is 30.0 Å². The lowest BCUT2D eigenvalue weighted by atomic mass is 10.3. The first-order valence-corrected chi connectivity index (χ1v) is 20.2. The summed E-state index contributed by atoms with van der Waals surface area (Å²) in [5, 5.41) is 39.4. The topological polar surface area (TPSA) is 121 Å². The van der Waals surface area contributed by atoms with Crippen molar-refractivity contribution in [3.8, 4) is 0 Å². The van der Waals surface area contributed by atoms with Gasteiger partial charge in [-0.25, -0.2) is 0 Å². The fourth-order valence-corrected chi connectivity index (χ4v) is 15.3. The summed E-state index contributed by atoms with van der Waals surface area (Å²) in [5.74, 6) is 0. The Balaban J connectivity index is 0.000000637. The second-order valence-corrected chi connectivity index (χ2v) is 18.6. The quantitative estimate of drug-likeness (QED) is 0.135.